The number of rotatable bonds is 9. The van der Waals surface area contributed by atoms with Gasteiger partial charge in [-0.1, -0.05) is 50.2 Å². The number of carbonyl (C=O) groups is 1. The van der Waals surface area contributed by atoms with Crippen LogP contribution in [-0.2, 0) is 11.4 Å². The van der Waals surface area contributed by atoms with Crippen molar-refractivity contribution in [1.29, 1.82) is 0 Å². The second-order valence-corrected chi connectivity index (χ2v) is 6.33. The number of aryl methyl sites for hydroxylation is 1. The molecule has 0 aliphatic carbocycles. The Bertz CT molecular complexity index is 646. The van der Waals surface area contributed by atoms with Crippen molar-refractivity contribution in [3.8, 4) is 5.75 Å². The van der Waals surface area contributed by atoms with Gasteiger partial charge in [-0.05, 0) is 54.5 Å². The summed E-state index contributed by atoms with van der Waals surface area (Å²) in [5.74, 6) is 1.71. The van der Waals surface area contributed by atoms with Crippen molar-refractivity contribution in [3.05, 3.63) is 65.2 Å². The average molecular weight is 324 g/mol. The molecule has 0 aliphatic rings. The lowest BCUT2D eigenvalue weighted by atomic mass is 9.88. The molecular weight excluding hydrogens is 296 g/mol. The molecule has 0 amide bonds. The summed E-state index contributed by atoms with van der Waals surface area (Å²) in [5.41, 5.74) is 3.76. The maximum atomic E-state index is 11.6. The van der Waals surface area contributed by atoms with Gasteiger partial charge in [0.05, 0.1) is 0 Å². The molecule has 2 nitrogen and oxygen atoms in total. The Hall–Kier alpha value is -2.09. The molecule has 1 unspecified atom stereocenters. The fourth-order valence-electron chi connectivity index (χ4n) is 3.03. The summed E-state index contributed by atoms with van der Waals surface area (Å²) in [5, 5.41) is 0. The number of ketones is 1. The maximum Gasteiger partial charge on any atom is 0.132 e. The van der Waals surface area contributed by atoms with Crippen LogP contribution in [0.3, 0.4) is 0 Å². The standard InChI is InChI=1S/C22H28O2/c1-4-19(11-12-20(23)5-2)22-14-13-21(15-17(22)3)24-16-18-9-7-6-8-10-18/h6-10,13-15,19H,4-5,11-12,16H2,1-3H3. The van der Waals surface area contributed by atoms with Gasteiger partial charge in [0.25, 0.3) is 0 Å². The molecule has 2 aromatic carbocycles. The number of Topliss-reactive ketones (excluding diaryl/α,β-unsaturated/α-hetero) is 1. The third-order valence-corrected chi connectivity index (χ3v) is 4.59. The highest BCUT2D eigenvalue weighted by Gasteiger charge is 2.14. The maximum absolute atomic E-state index is 11.6. The van der Waals surface area contributed by atoms with E-state index in [1.54, 1.807) is 0 Å². The van der Waals surface area contributed by atoms with E-state index in [4.69, 9.17) is 4.74 Å². The Balaban J connectivity index is 2.01. The molecule has 2 heteroatoms. The second-order valence-electron chi connectivity index (χ2n) is 6.33. The first-order valence-electron chi connectivity index (χ1n) is 8.93. The molecule has 0 spiro atoms. The van der Waals surface area contributed by atoms with Crippen molar-refractivity contribution in [1.82, 2.24) is 0 Å². The van der Waals surface area contributed by atoms with E-state index in [1.165, 1.54) is 16.7 Å². The molecule has 0 aromatic heterocycles. The fraction of sp³-hybridized carbons (Fsp3) is 0.409. The van der Waals surface area contributed by atoms with Gasteiger partial charge in [0.1, 0.15) is 18.1 Å². The van der Waals surface area contributed by atoms with Crippen LogP contribution in [0, 0.1) is 6.92 Å². The smallest absolute Gasteiger partial charge is 0.132 e. The number of hydrogen-bond acceptors (Lipinski definition) is 2. The Labute approximate surface area is 145 Å². The molecule has 0 bridgehead atoms. The van der Waals surface area contributed by atoms with Gasteiger partial charge >= 0.3 is 0 Å². The largest absolute Gasteiger partial charge is 0.489 e. The summed E-state index contributed by atoms with van der Waals surface area (Å²) in [6.07, 6.45) is 3.32. The summed E-state index contributed by atoms with van der Waals surface area (Å²) in [6, 6.07) is 16.5. The zero-order valence-corrected chi connectivity index (χ0v) is 15.0. The van der Waals surface area contributed by atoms with E-state index in [-0.39, 0.29) is 0 Å². The number of ether oxygens (including phenoxy) is 1. The summed E-state index contributed by atoms with van der Waals surface area (Å²) in [7, 11) is 0. The highest BCUT2D eigenvalue weighted by Crippen LogP contribution is 2.30. The highest BCUT2D eigenvalue weighted by atomic mass is 16.5. The monoisotopic (exact) mass is 324 g/mol. The van der Waals surface area contributed by atoms with Crippen molar-refractivity contribution in [2.24, 2.45) is 0 Å². The van der Waals surface area contributed by atoms with E-state index < -0.39 is 0 Å². The number of carbonyl (C=O) groups excluding carboxylic acids is 1. The summed E-state index contributed by atoms with van der Waals surface area (Å²) in [6.45, 7) is 6.85. The van der Waals surface area contributed by atoms with E-state index in [0.717, 1.165) is 18.6 Å². The van der Waals surface area contributed by atoms with E-state index in [0.29, 0.717) is 31.1 Å². The van der Waals surface area contributed by atoms with Gasteiger partial charge in [-0.3, -0.25) is 4.79 Å². The third-order valence-electron chi connectivity index (χ3n) is 4.59. The Morgan fingerprint density at radius 1 is 1.08 bits per heavy atom. The van der Waals surface area contributed by atoms with Crippen LogP contribution in [0.25, 0.3) is 0 Å². The normalized spacial score (nSPS) is 12.0. The van der Waals surface area contributed by atoms with Crippen molar-refractivity contribution < 1.29 is 9.53 Å². The molecule has 2 aromatic rings. The lowest BCUT2D eigenvalue weighted by molar-refractivity contribution is -0.118. The molecule has 1 atom stereocenters. The zero-order chi connectivity index (χ0) is 17.4. The van der Waals surface area contributed by atoms with Crippen LogP contribution in [-0.4, -0.2) is 5.78 Å². The van der Waals surface area contributed by atoms with Gasteiger partial charge in [0, 0.05) is 12.8 Å². The average Bonchev–Trinajstić information content (AvgIpc) is 2.62. The summed E-state index contributed by atoms with van der Waals surface area (Å²) in [4.78, 5) is 11.6. The van der Waals surface area contributed by atoms with Gasteiger partial charge < -0.3 is 4.74 Å². The predicted octanol–water partition coefficient (Wildman–Crippen LogP) is 5.83. The van der Waals surface area contributed by atoms with Crippen LogP contribution >= 0.6 is 0 Å². The quantitative estimate of drug-likeness (QED) is 0.580. The van der Waals surface area contributed by atoms with E-state index in [9.17, 15) is 4.79 Å². The molecule has 0 heterocycles. The first-order valence-corrected chi connectivity index (χ1v) is 8.93. The van der Waals surface area contributed by atoms with Gasteiger partial charge in [0.15, 0.2) is 0 Å². The SMILES string of the molecule is CCC(=O)CCC(CC)c1ccc(OCc2ccccc2)cc1C. The lowest BCUT2D eigenvalue weighted by Gasteiger charge is -2.18. The van der Waals surface area contributed by atoms with Crippen molar-refractivity contribution in [3.63, 3.8) is 0 Å². The Morgan fingerprint density at radius 3 is 2.46 bits per heavy atom. The lowest BCUT2D eigenvalue weighted by Crippen LogP contribution is -2.05. The van der Waals surface area contributed by atoms with Crippen molar-refractivity contribution in [2.45, 2.75) is 59.0 Å². The second kappa shape index (κ2) is 9.27. The van der Waals surface area contributed by atoms with E-state index >= 15 is 0 Å². The molecule has 0 fully saturated rings. The van der Waals surface area contributed by atoms with E-state index in [1.807, 2.05) is 25.1 Å². The minimum Gasteiger partial charge on any atom is -0.489 e. The van der Waals surface area contributed by atoms with Crippen molar-refractivity contribution in [2.75, 3.05) is 0 Å². The highest BCUT2D eigenvalue weighted by molar-refractivity contribution is 5.78. The molecule has 128 valence electrons. The predicted molar refractivity (Wildman–Crippen MR) is 99.5 cm³/mol. The van der Waals surface area contributed by atoms with Gasteiger partial charge in [-0.15, -0.1) is 0 Å². The van der Waals surface area contributed by atoms with Crippen LogP contribution in [0.1, 0.15) is 62.1 Å². The number of benzene rings is 2. The Kier molecular flexibility index (Phi) is 7.05. The Morgan fingerprint density at radius 2 is 1.83 bits per heavy atom. The molecule has 0 saturated heterocycles. The third kappa shape index (κ3) is 5.23. The number of hydrogen-bond donors (Lipinski definition) is 0. The van der Waals surface area contributed by atoms with Crippen LogP contribution < -0.4 is 4.74 Å². The van der Waals surface area contributed by atoms with Gasteiger partial charge in [-0.25, -0.2) is 0 Å². The molecule has 0 radical (unpaired) electrons. The first-order chi connectivity index (χ1) is 11.6. The zero-order valence-electron chi connectivity index (χ0n) is 15.0. The molecule has 0 saturated carbocycles. The van der Waals surface area contributed by atoms with Crippen LogP contribution in [0.2, 0.25) is 0 Å². The van der Waals surface area contributed by atoms with E-state index in [2.05, 4.69) is 44.2 Å². The summed E-state index contributed by atoms with van der Waals surface area (Å²) >= 11 is 0. The van der Waals surface area contributed by atoms with Gasteiger partial charge in [0.2, 0.25) is 0 Å². The first kappa shape index (κ1) is 18.3. The summed E-state index contributed by atoms with van der Waals surface area (Å²) < 4.78 is 5.90. The minimum absolute atomic E-state index is 0.355. The fourth-order valence-corrected chi connectivity index (χ4v) is 3.03. The molecular formula is C22H28O2. The topological polar surface area (TPSA) is 26.3 Å². The van der Waals surface area contributed by atoms with Crippen LogP contribution in [0.5, 0.6) is 5.75 Å². The molecule has 2 rings (SSSR count). The van der Waals surface area contributed by atoms with Crippen LogP contribution in [0.15, 0.2) is 48.5 Å². The molecule has 24 heavy (non-hydrogen) atoms. The van der Waals surface area contributed by atoms with Gasteiger partial charge in [-0.2, -0.15) is 0 Å². The minimum atomic E-state index is 0.355. The van der Waals surface area contributed by atoms with Crippen LogP contribution in [0.4, 0.5) is 0 Å². The molecule has 0 aliphatic heterocycles. The molecule has 0 N–H and O–H groups in total. The van der Waals surface area contributed by atoms with Crippen molar-refractivity contribution >= 4 is 5.78 Å².